The van der Waals surface area contributed by atoms with E-state index in [4.69, 9.17) is 16.3 Å². The lowest BCUT2D eigenvalue weighted by atomic mass is 10.1. The summed E-state index contributed by atoms with van der Waals surface area (Å²) in [6.07, 6.45) is -2.37. The van der Waals surface area contributed by atoms with Crippen molar-refractivity contribution >= 4 is 22.4 Å². The van der Waals surface area contributed by atoms with E-state index in [1.807, 2.05) is 0 Å². The first-order chi connectivity index (χ1) is 9.41. The van der Waals surface area contributed by atoms with Gasteiger partial charge >= 0.3 is 6.18 Å². The van der Waals surface area contributed by atoms with Gasteiger partial charge in [0.25, 0.3) is 0 Å². The molecule has 1 fully saturated rings. The topological polar surface area (TPSA) is 22.1 Å². The number of hydrogen-bond donors (Lipinski definition) is 0. The van der Waals surface area contributed by atoms with Gasteiger partial charge in [0.1, 0.15) is 22.9 Å². The van der Waals surface area contributed by atoms with Crippen LogP contribution in [0.15, 0.2) is 30.5 Å². The van der Waals surface area contributed by atoms with E-state index in [0.29, 0.717) is 10.9 Å². The van der Waals surface area contributed by atoms with Crippen molar-refractivity contribution in [1.29, 1.82) is 0 Å². The van der Waals surface area contributed by atoms with Crippen molar-refractivity contribution in [1.82, 2.24) is 4.98 Å². The summed E-state index contributed by atoms with van der Waals surface area (Å²) in [6.45, 7) is -0.333. The van der Waals surface area contributed by atoms with Crippen LogP contribution in [0.4, 0.5) is 13.2 Å². The fourth-order valence-corrected chi connectivity index (χ4v) is 2.32. The van der Waals surface area contributed by atoms with Crippen LogP contribution in [0.5, 0.6) is 5.75 Å². The van der Waals surface area contributed by atoms with Gasteiger partial charge in [-0.3, -0.25) is 0 Å². The van der Waals surface area contributed by atoms with Crippen LogP contribution in [0.2, 0.25) is 5.15 Å². The standard InChI is InChI=1S/C14H11ClF3NO/c15-12-11-2-1-10(7-9(11)3-6-19-12)20-8-13(4-5-13)14(16,17)18/h1-3,6-7H,4-5,8H2. The molecule has 2 nitrogen and oxygen atoms in total. The number of pyridine rings is 1. The lowest BCUT2D eigenvalue weighted by molar-refractivity contribution is -0.194. The Bertz CT molecular complexity index is 652. The Morgan fingerprint density at radius 3 is 2.65 bits per heavy atom. The highest BCUT2D eigenvalue weighted by atomic mass is 35.5. The molecule has 0 spiro atoms. The molecule has 0 atom stereocenters. The van der Waals surface area contributed by atoms with Crippen LogP contribution in [-0.2, 0) is 0 Å². The Labute approximate surface area is 118 Å². The quantitative estimate of drug-likeness (QED) is 0.772. The minimum absolute atomic E-state index is 0.139. The van der Waals surface area contributed by atoms with Gasteiger partial charge in [-0.1, -0.05) is 11.6 Å². The van der Waals surface area contributed by atoms with Gasteiger partial charge in [0, 0.05) is 11.6 Å². The Kier molecular flexibility index (Phi) is 3.05. The van der Waals surface area contributed by atoms with Crippen molar-refractivity contribution < 1.29 is 17.9 Å². The average Bonchev–Trinajstić information content (AvgIpc) is 3.17. The summed E-state index contributed by atoms with van der Waals surface area (Å²) in [6, 6.07) is 6.73. The molecule has 0 radical (unpaired) electrons. The largest absolute Gasteiger partial charge is 0.493 e. The number of alkyl halides is 3. The third-order valence-corrected chi connectivity index (χ3v) is 3.96. The molecule has 0 N–H and O–H groups in total. The van der Waals surface area contributed by atoms with Gasteiger partial charge in [0.15, 0.2) is 0 Å². The second-order valence-corrected chi connectivity index (χ2v) is 5.41. The fraction of sp³-hybridized carbons (Fsp3) is 0.357. The zero-order valence-corrected chi connectivity index (χ0v) is 11.1. The number of aromatic nitrogens is 1. The van der Waals surface area contributed by atoms with Gasteiger partial charge in [0.05, 0.1) is 0 Å². The second kappa shape index (κ2) is 4.52. The zero-order valence-electron chi connectivity index (χ0n) is 10.4. The fourth-order valence-electron chi connectivity index (χ4n) is 2.09. The van der Waals surface area contributed by atoms with Crippen molar-refractivity contribution in [2.75, 3.05) is 6.61 Å². The maximum absolute atomic E-state index is 12.8. The number of nitrogens with zero attached hydrogens (tertiary/aromatic N) is 1. The van der Waals surface area contributed by atoms with E-state index < -0.39 is 11.6 Å². The minimum atomic E-state index is -4.20. The smallest absolute Gasteiger partial charge is 0.397 e. The van der Waals surface area contributed by atoms with Crippen LogP contribution < -0.4 is 4.74 Å². The van der Waals surface area contributed by atoms with Gasteiger partial charge < -0.3 is 4.74 Å². The van der Waals surface area contributed by atoms with Crippen molar-refractivity contribution in [3.8, 4) is 5.75 Å². The first kappa shape index (κ1) is 13.5. The monoisotopic (exact) mass is 301 g/mol. The molecule has 0 aliphatic heterocycles. The third kappa shape index (κ3) is 2.30. The molecule has 2 aromatic rings. The van der Waals surface area contributed by atoms with E-state index >= 15 is 0 Å². The normalized spacial score (nSPS) is 17.2. The van der Waals surface area contributed by atoms with Crippen molar-refractivity contribution in [3.63, 3.8) is 0 Å². The molecule has 0 unspecified atom stereocenters. The summed E-state index contributed by atoms with van der Waals surface area (Å²) in [4.78, 5) is 3.94. The van der Waals surface area contributed by atoms with Crippen LogP contribution in [0.25, 0.3) is 10.8 Å². The lowest BCUT2D eigenvalue weighted by Gasteiger charge is -2.19. The van der Waals surface area contributed by atoms with E-state index in [1.54, 1.807) is 30.5 Å². The van der Waals surface area contributed by atoms with Crippen LogP contribution in [0.1, 0.15) is 12.8 Å². The zero-order chi connectivity index (χ0) is 14.4. The summed E-state index contributed by atoms with van der Waals surface area (Å²) < 4.78 is 43.7. The summed E-state index contributed by atoms with van der Waals surface area (Å²) in [5.74, 6) is 0.412. The summed E-state index contributed by atoms with van der Waals surface area (Å²) >= 11 is 5.93. The van der Waals surface area contributed by atoms with E-state index in [-0.39, 0.29) is 19.4 Å². The first-order valence-corrected chi connectivity index (χ1v) is 6.53. The summed E-state index contributed by atoms with van der Waals surface area (Å²) in [7, 11) is 0. The highest BCUT2D eigenvalue weighted by Gasteiger charge is 2.63. The van der Waals surface area contributed by atoms with Crippen LogP contribution in [0, 0.1) is 5.41 Å². The Morgan fingerprint density at radius 1 is 1.25 bits per heavy atom. The lowest BCUT2D eigenvalue weighted by Crippen LogP contribution is -2.30. The van der Waals surface area contributed by atoms with Crippen LogP contribution in [0.3, 0.4) is 0 Å². The number of rotatable bonds is 3. The molecular weight excluding hydrogens is 291 g/mol. The van der Waals surface area contributed by atoms with E-state index in [2.05, 4.69) is 4.98 Å². The van der Waals surface area contributed by atoms with Crippen molar-refractivity contribution in [2.45, 2.75) is 19.0 Å². The van der Waals surface area contributed by atoms with E-state index in [1.165, 1.54) is 0 Å². The van der Waals surface area contributed by atoms with Crippen molar-refractivity contribution in [2.24, 2.45) is 5.41 Å². The van der Waals surface area contributed by atoms with Gasteiger partial charge in [-0.15, -0.1) is 0 Å². The number of benzene rings is 1. The van der Waals surface area contributed by atoms with Gasteiger partial charge in [-0.2, -0.15) is 13.2 Å². The molecule has 0 bridgehead atoms. The minimum Gasteiger partial charge on any atom is -0.493 e. The predicted molar refractivity (Wildman–Crippen MR) is 70.0 cm³/mol. The average molecular weight is 302 g/mol. The molecule has 3 rings (SSSR count). The molecule has 6 heteroatoms. The third-order valence-electron chi connectivity index (χ3n) is 3.66. The molecule has 1 heterocycles. The Morgan fingerprint density at radius 2 is 2.00 bits per heavy atom. The summed E-state index contributed by atoms with van der Waals surface area (Å²) in [5.41, 5.74) is -1.65. The van der Waals surface area contributed by atoms with E-state index in [9.17, 15) is 13.2 Å². The van der Waals surface area contributed by atoms with Crippen molar-refractivity contribution in [3.05, 3.63) is 35.6 Å². The maximum atomic E-state index is 12.8. The van der Waals surface area contributed by atoms with Gasteiger partial charge in [0.2, 0.25) is 0 Å². The molecule has 106 valence electrons. The van der Waals surface area contributed by atoms with Crippen LogP contribution in [-0.4, -0.2) is 17.8 Å². The SMILES string of the molecule is FC(F)(F)C1(COc2ccc3c(Cl)nccc3c2)CC1. The number of ether oxygens (including phenoxy) is 1. The molecule has 1 aromatic heterocycles. The maximum Gasteiger partial charge on any atom is 0.397 e. The molecule has 1 saturated carbocycles. The second-order valence-electron chi connectivity index (χ2n) is 5.05. The van der Waals surface area contributed by atoms with Crippen LogP contribution >= 0.6 is 11.6 Å². The Hall–Kier alpha value is -1.49. The molecule has 1 aliphatic carbocycles. The first-order valence-electron chi connectivity index (χ1n) is 6.15. The number of fused-ring (bicyclic) bond motifs is 1. The van der Waals surface area contributed by atoms with Gasteiger partial charge in [-0.25, -0.2) is 4.98 Å². The van der Waals surface area contributed by atoms with Gasteiger partial charge in [-0.05, 0) is 42.5 Å². The number of halogens is 4. The number of hydrogen-bond acceptors (Lipinski definition) is 2. The molecule has 0 amide bonds. The molecule has 1 aliphatic rings. The highest BCUT2D eigenvalue weighted by Crippen LogP contribution is 2.57. The highest BCUT2D eigenvalue weighted by molar-refractivity contribution is 6.34. The Balaban J connectivity index is 1.79. The molecule has 0 saturated heterocycles. The summed E-state index contributed by atoms with van der Waals surface area (Å²) in [5, 5.41) is 1.90. The molecular formula is C14H11ClF3NO. The molecule has 1 aromatic carbocycles. The molecule has 20 heavy (non-hydrogen) atoms. The predicted octanol–water partition coefficient (Wildman–Crippen LogP) is 4.61. The van der Waals surface area contributed by atoms with E-state index in [0.717, 1.165) is 10.8 Å².